The second kappa shape index (κ2) is 7.10. The molecule has 2 heteroatoms. The molecule has 0 unspecified atom stereocenters. The second-order valence-electron chi connectivity index (χ2n) is 6.98. The van der Waals surface area contributed by atoms with Gasteiger partial charge in [0.2, 0.25) is 5.91 Å². The minimum Gasteiger partial charge on any atom is -0.326 e. The summed E-state index contributed by atoms with van der Waals surface area (Å²) >= 11 is 0. The van der Waals surface area contributed by atoms with Crippen LogP contribution in [0.5, 0.6) is 0 Å². The zero-order valence-electron chi connectivity index (χ0n) is 14.3. The Morgan fingerprint density at radius 3 is 2.28 bits per heavy atom. The highest BCUT2D eigenvalue weighted by atomic mass is 16.1. The molecule has 0 spiro atoms. The molecule has 4 rings (SSSR count). The molecule has 126 valence electrons. The fourth-order valence-electron chi connectivity index (χ4n) is 4.08. The normalized spacial score (nSPS) is 16.0. The van der Waals surface area contributed by atoms with Crippen LogP contribution in [-0.2, 0) is 4.79 Å². The maximum atomic E-state index is 13.1. The van der Waals surface area contributed by atoms with E-state index in [0.717, 1.165) is 29.5 Å². The quantitative estimate of drug-likeness (QED) is 0.648. The van der Waals surface area contributed by atoms with Gasteiger partial charge in [0.25, 0.3) is 0 Å². The number of hydrogen-bond acceptors (Lipinski definition) is 1. The molecule has 0 radical (unpaired) electrons. The first-order chi connectivity index (χ1) is 12.3. The van der Waals surface area contributed by atoms with Crippen LogP contribution in [0.15, 0.2) is 72.8 Å². The first-order valence-corrected chi connectivity index (χ1v) is 9.16. The van der Waals surface area contributed by atoms with E-state index in [9.17, 15) is 4.79 Å². The van der Waals surface area contributed by atoms with Crippen LogP contribution in [0.4, 0.5) is 5.69 Å². The highest BCUT2D eigenvalue weighted by molar-refractivity contribution is 5.98. The first-order valence-electron chi connectivity index (χ1n) is 9.16. The van der Waals surface area contributed by atoms with Crippen LogP contribution < -0.4 is 5.32 Å². The van der Waals surface area contributed by atoms with Crippen LogP contribution in [0.25, 0.3) is 10.8 Å². The molecule has 0 bridgehead atoms. The van der Waals surface area contributed by atoms with Crippen molar-refractivity contribution in [3.8, 4) is 0 Å². The fourth-order valence-corrected chi connectivity index (χ4v) is 4.08. The van der Waals surface area contributed by atoms with Crippen molar-refractivity contribution in [2.75, 3.05) is 5.32 Å². The molecular weight excluding hydrogens is 306 g/mol. The minimum absolute atomic E-state index is 0.0600. The summed E-state index contributed by atoms with van der Waals surface area (Å²) in [5, 5.41) is 5.51. The van der Waals surface area contributed by atoms with Crippen molar-refractivity contribution in [1.29, 1.82) is 0 Å². The van der Waals surface area contributed by atoms with Crippen LogP contribution in [0.1, 0.15) is 37.2 Å². The molecule has 1 saturated carbocycles. The third-order valence-electron chi connectivity index (χ3n) is 5.33. The van der Waals surface area contributed by atoms with E-state index < -0.39 is 0 Å². The SMILES string of the molecule is O=C(Nc1ccc2ccccc2c1)[C@H](c1ccccc1)C1CCCC1. The summed E-state index contributed by atoms with van der Waals surface area (Å²) in [7, 11) is 0. The van der Waals surface area contributed by atoms with E-state index in [0.29, 0.717) is 5.92 Å². The maximum absolute atomic E-state index is 13.1. The Morgan fingerprint density at radius 1 is 0.840 bits per heavy atom. The van der Waals surface area contributed by atoms with Crippen molar-refractivity contribution in [2.45, 2.75) is 31.6 Å². The average molecular weight is 329 g/mol. The van der Waals surface area contributed by atoms with Crippen molar-refractivity contribution >= 4 is 22.4 Å². The molecule has 1 amide bonds. The van der Waals surface area contributed by atoms with Gasteiger partial charge in [-0.3, -0.25) is 4.79 Å². The topological polar surface area (TPSA) is 29.1 Å². The van der Waals surface area contributed by atoms with Gasteiger partial charge >= 0.3 is 0 Å². The molecule has 3 aromatic rings. The van der Waals surface area contributed by atoms with Gasteiger partial charge in [-0.15, -0.1) is 0 Å². The first kappa shape index (κ1) is 15.9. The molecule has 1 aliphatic carbocycles. The predicted molar refractivity (Wildman–Crippen MR) is 104 cm³/mol. The van der Waals surface area contributed by atoms with E-state index in [2.05, 4.69) is 41.7 Å². The summed E-state index contributed by atoms with van der Waals surface area (Å²) < 4.78 is 0. The number of anilines is 1. The lowest BCUT2D eigenvalue weighted by atomic mass is 9.84. The van der Waals surface area contributed by atoms with Gasteiger partial charge in [0.1, 0.15) is 0 Å². The van der Waals surface area contributed by atoms with E-state index in [1.807, 2.05) is 36.4 Å². The van der Waals surface area contributed by atoms with Crippen LogP contribution in [0, 0.1) is 5.92 Å². The number of rotatable bonds is 4. The van der Waals surface area contributed by atoms with Crippen LogP contribution in [0.3, 0.4) is 0 Å². The number of carbonyl (C=O) groups is 1. The van der Waals surface area contributed by atoms with Crippen LogP contribution in [0.2, 0.25) is 0 Å². The number of carbonyl (C=O) groups excluding carboxylic acids is 1. The molecular formula is C23H23NO. The lowest BCUT2D eigenvalue weighted by Crippen LogP contribution is -2.26. The summed E-state index contributed by atoms with van der Waals surface area (Å²) in [5.74, 6) is 0.506. The van der Waals surface area contributed by atoms with Gasteiger partial charge in [0, 0.05) is 5.69 Å². The maximum Gasteiger partial charge on any atom is 0.232 e. The van der Waals surface area contributed by atoms with E-state index in [1.54, 1.807) is 0 Å². The number of fused-ring (bicyclic) bond motifs is 1. The van der Waals surface area contributed by atoms with Crippen molar-refractivity contribution < 1.29 is 4.79 Å². The Kier molecular flexibility index (Phi) is 4.51. The monoisotopic (exact) mass is 329 g/mol. The summed E-state index contributed by atoms with van der Waals surface area (Å²) in [4.78, 5) is 13.1. The largest absolute Gasteiger partial charge is 0.326 e. The van der Waals surface area contributed by atoms with Gasteiger partial charge < -0.3 is 5.32 Å². The molecule has 0 aromatic heterocycles. The summed E-state index contributed by atoms with van der Waals surface area (Å²) in [6.45, 7) is 0. The third kappa shape index (κ3) is 3.43. The third-order valence-corrected chi connectivity index (χ3v) is 5.33. The van der Waals surface area contributed by atoms with Gasteiger partial charge in [-0.2, -0.15) is 0 Å². The molecule has 0 heterocycles. The standard InChI is InChI=1S/C23H23NO/c25-23(24-21-15-14-17-8-4-7-13-20(17)16-21)22(19-11-5-6-12-19)18-9-2-1-3-10-18/h1-4,7-10,13-16,19,22H,5-6,11-12H2,(H,24,25)/t22-/m1/s1. The van der Waals surface area contributed by atoms with Crippen LogP contribution >= 0.6 is 0 Å². The molecule has 1 atom stereocenters. The predicted octanol–water partition coefficient (Wildman–Crippen LogP) is 5.75. The Balaban J connectivity index is 1.61. The summed E-state index contributed by atoms with van der Waals surface area (Å²) in [5.41, 5.74) is 2.01. The van der Waals surface area contributed by atoms with Gasteiger partial charge in [-0.1, -0.05) is 73.5 Å². The molecule has 25 heavy (non-hydrogen) atoms. The molecule has 0 saturated heterocycles. The van der Waals surface area contributed by atoms with Crippen molar-refractivity contribution in [3.63, 3.8) is 0 Å². The lowest BCUT2D eigenvalue weighted by molar-refractivity contribution is -0.118. The van der Waals surface area contributed by atoms with E-state index in [4.69, 9.17) is 0 Å². The average Bonchev–Trinajstić information content (AvgIpc) is 3.17. The number of amides is 1. The number of benzene rings is 3. The van der Waals surface area contributed by atoms with Crippen LogP contribution in [-0.4, -0.2) is 5.91 Å². The Morgan fingerprint density at radius 2 is 1.52 bits per heavy atom. The summed E-state index contributed by atoms with van der Waals surface area (Å²) in [6.07, 6.45) is 4.75. The van der Waals surface area contributed by atoms with Crippen molar-refractivity contribution in [3.05, 3.63) is 78.4 Å². The van der Waals surface area contributed by atoms with E-state index in [1.165, 1.54) is 18.2 Å². The van der Waals surface area contributed by atoms with E-state index >= 15 is 0 Å². The Bertz CT molecular complexity index is 865. The zero-order chi connectivity index (χ0) is 17.1. The smallest absolute Gasteiger partial charge is 0.232 e. The summed E-state index contributed by atoms with van der Waals surface area (Å²) in [6, 6.07) is 24.6. The Labute approximate surface area is 148 Å². The van der Waals surface area contributed by atoms with Crippen molar-refractivity contribution in [1.82, 2.24) is 0 Å². The highest BCUT2D eigenvalue weighted by Gasteiger charge is 2.31. The van der Waals surface area contributed by atoms with Gasteiger partial charge in [0.15, 0.2) is 0 Å². The molecule has 1 N–H and O–H groups in total. The molecule has 1 fully saturated rings. The second-order valence-corrected chi connectivity index (χ2v) is 6.98. The highest BCUT2D eigenvalue weighted by Crippen LogP contribution is 2.38. The zero-order valence-corrected chi connectivity index (χ0v) is 14.3. The minimum atomic E-state index is -0.0600. The van der Waals surface area contributed by atoms with Gasteiger partial charge in [0.05, 0.1) is 5.92 Å². The number of nitrogens with one attached hydrogen (secondary N) is 1. The lowest BCUT2D eigenvalue weighted by Gasteiger charge is -2.23. The fraction of sp³-hybridized carbons (Fsp3) is 0.261. The van der Waals surface area contributed by atoms with Crippen molar-refractivity contribution in [2.24, 2.45) is 5.92 Å². The van der Waals surface area contributed by atoms with Gasteiger partial charge in [-0.25, -0.2) is 0 Å². The van der Waals surface area contributed by atoms with E-state index in [-0.39, 0.29) is 11.8 Å². The molecule has 0 aliphatic heterocycles. The molecule has 2 nitrogen and oxygen atoms in total. The number of hydrogen-bond donors (Lipinski definition) is 1. The van der Waals surface area contributed by atoms with Gasteiger partial charge in [-0.05, 0) is 47.2 Å². The Hall–Kier alpha value is -2.61. The molecule has 1 aliphatic rings. The molecule has 3 aromatic carbocycles.